The van der Waals surface area contributed by atoms with Gasteiger partial charge in [-0.1, -0.05) is 38.8 Å². The Bertz CT molecular complexity index is 379. The Hall–Kier alpha value is -1.53. The third-order valence-electron chi connectivity index (χ3n) is 2.94. The molecule has 3 nitrogen and oxygen atoms in total. The van der Waals surface area contributed by atoms with Crippen molar-refractivity contribution in [3.63, 3.8) is 0 Å². The summed E-state index contributed by atoms with van der Waals surface area (Å²) in [5, 5.41) is 11.9. The molecule has 0 amide bonds. The largest absolute Gasteiger partial charge is 0.479 e. The third-order valence-corrected chi connectivity index (χ3v) is 2.94. The molecular weight excluding hydrogens is 236 g/mol. The third kappa shape index (κ3) is 7.48. The Balaban J connectivity index is 2.14. The molecule has 0 spiro atoms. The van der Waals surface area contributed by atoms with Crippen molar-refractivity contribution < 1.29 is 4.74 Å². The summed E-state index contributed by atoms with van der Waals surface area (Å²) in [6, 6.07) is 9.85. The molecule has 1 aromatic rings. The molecule has 104 valence electrons. The highest BCUT2D eigenvalue weighted by molar-refractivity contribution is 5.27. The van der Waals surface area contributed by atoms with Gasteiger partial charge in [-0.3, -0.25) is 0 Å². The molecule has 1 rings (SSSR count). The Morgan fingerprint density at radius 3 is 2.58 bits per heavy atom. The molecule has 1 N–H and O–H groups in total. The predicted molar refractivity (Wildman–Crippen MR) is 77.9 cm³/mol. The number of nitrogens with zero attached hydrogens (tertiary/aromatic N) is 1. The highest BCUT2D eigenvalue weighted by atomic mass is 16.5. The second-order valence-electron chi connectivity index (χ2n) is 5.16. The number of benzene rings is 1. The van der Waals surface area contributed by atoms with Gasteiger partial charge in [0.15, 0.2) is 6.61 Å². The molecule has 19 heavy (non-hydrogen) atoms. The van der Waals surface area contributed by atoms with Crippen LogP contribution in [-0.2, 0) is 6.54 Å². The Morgan fingerprint density at radius 1 is 1.21 bits per heavy atom. The van der Waals surface area contributed by atoms with Gasteiger partial charge >= 0.3 is 0 Å². The summed E-state index contributed by atoms with van der Waals surface area (Å²) in [6.07, 6.45) is 3.85. The second-order valence-corrected chi connectivity index (χ2v) is 5.16. The van der Waals surface area contributed by atoms with Crippen molar-refractivity contribution in [1.82, 2.24) is 5.32 Å². The van der Waals surface area contributed by atoms with Crippen LogP contribution in [0.1, 0.15) is 38.7 Å². The van der Waals surface area contributed by atoms with Crippen molar-refractivity contribution in [3.8, 4) is 11.8 Å². The van der Waals surface area contributed by atoms with E-state index in [0.29, 0.717) is 0 Å². The van der Waals surface area contributed by atoms with Gasteiger partial charge in [-0.2, -0.15) is 5.26 Å². The van der Waals surface area contributed by atoms with Crippen LogP contribution >= 0.6 is 0 Å². The fourth-order valence-corrected chi connectivity index (χ4v) is 1.85. The first-order chi connectivity index (χ1) is 9.22. The first kappa shape index (κ1) is 15.5. The lowest BCUT2D eigenvalue weighted by Crippen LogP contribution is -2.14. The molecule has 0 aromatic heterocycles. The standard InChI is InChI=1S/C16H24N2O/c1-14(2)5-3-4-11-18-13-15-6-8-16(9-7-15)19-12-10-17/h6-9,14,18H,3-5,11-13H2,1-2H3. The number of ether oxygens (including phenoxy) is 1. The quantitative estimate of drug-likeness (QED) is 0.691. The highest BCUT2D eigenvalue weighted by Gasteiger charge is 1.96. The van der Waals surface area contributed by atoms with Crippen LogP contribution in [0.25, 0.3) is 0 Å². The monoisotopic (exact) mass is 260 g/mol. The number of nitrogens with one attached hydrogen (secondary N) is 1. The Labute approximate surface area is 116 Å². The first-order valence-corrected chi connectivity index (χ1v) is 7.01. The van der Waals surface area contributed by atoms with Gasteiger partial charge in [0.1, 0.15) is 11.8 Å². The maximum atomic E-state index is 8.42. The van der Waals surface area contributed by atoms with Crippen LogP contribution < -0.4 is 10.1 Å². The summed E-state index contributed by atoms with van der Waals surface area (Å²) in [7, 11) is 0. The molecule has 0 heterocycles. The summed E-state index contributed by atoms with van der Waals surface area (Å²) in [4.78, 5) is 0. The van der Waals surface area contributed by atoms with Crippen LogP contribution in [0.3, 0.4) is 0 Å². The maximum Gasteiger partial charge on any atom is 0.174 e. The van der Waals surface area contributed by atoms with Gasteiger partial charge in [0.25, 0.3) is 0 Å². The van der Waals surface area contributed by atoms with Crippen molar-refractivity contribution in [2.24, 2.45) is 5.92 Å². The number of unbranched alkanes of at least 4 members (excludes halogenated alkanes) is 1. The minimum Gasteiger partial charge on any atom is -0.479 e. The minimum absolute atomic E-state index is 0.105. The summed E-state index contributed by atoms with van der Waals surface area (Å²) >= 11 is 0. The zero-order chi connectivity index (χ0) is 13.9. The van der Waals surface area contributed by atoms with Gasteiger partial charge in [0, 0.05) is 6.54 Å². The van der Waals surface area contributed by atoms with E-state index in [0.717, 1.165) is 24.8 Å². The van der Waals surface area contributed by atoms with Gasteiger partial charge in [0.05, 0.1) is 0 Å². The van der Waals surface area contributed by atoms with E-state index in [1.165, 1.54) is 24.8 Å². The molecular formula is C16H24N2O. The summed E-state index contributed by atoms with van der Waals surface area (Å²) < 4.78 is 5.21. The van der Waals surface area contributed by atoms with Crippen LogP contribution in [0.4, 0.5) is 0 Å². The van der Waals surface area contributed by atoms with Gasteiger partial charge in [0.2, 0.25) is 0 Å². The van der Waals surface area contributed by atoms with E-state index in [1.54, 1.807) is 0 Å². The van der Waals surface area contributed by atoms with Crippen molar-refractivity contribution in [2.75, 3.05) is 13.2 Å². The lowest BCUT2D eigenvalue weighted by molar-refractivity contribution is 0.368. The van der Waals surface area contributed by atoms with Crippen LogP contribution in [0.5, 0.6) is 5.75 Å². The molecule has 3 heteroatoms. The zero-order valence-electron chi connectivity index (χ0n) is 12.0. The Kier molecular flexibility index (Phi) is 7.69. The molecule has 0 saturated carbocycles. The van der Waals surface area contributed by atoms with Gasteiger partial charge < -0.3 is 10.1 Å². The molecule has 0 aliphatic heterocycles. The van der Waals surface area contributed by atoms with Crippen LogP contribution in [-0.4, -0.2) is 13.2 Å². The SMILES string of the molecule is CC(C)CCCCNCc1ccc(OCC#N)cc1. The molecule has 0 fully saturated rings. The Morgan fingerprint density at radius 2 is 1.95 bits per heavy atom. The normalized spacial score (nSPS) is 10.4. The summed E-state index contributed by atoms with van der Waals surface area (Å²) in [5.74, 6) is 1.56. The smallest absolute Gasteiger partial charge is 0.174 e. The van der Waals surface area contributed by atoms with E-state index in [4.69, 9.17) is 10.00 Å². The summed E-state index contributed by atoms with van der Waals surface area (Å²) in [6.45, 7) is 6.60. The van der Waals surface area contributed by atoms with E-state index >= 15 is 0 Å². The fourth-order valence-electron chi connectivity index (χ4n) is 1.85. The van der Waals surface area contributed by atoms with Gasteiger partial charge in [-0.25, -0.2) is 0 Å². The van der Waals surface area contributed by atoms with E-state index in [2.05, 4.69) is 19.2 Å². The molecule has 0 bridgehead atoms. The maximum absolute atomic E-state index is 8.42. The van der Waals surface area contributed by atoms with E-state index in [-0.39, 0.29) is 6.61 Å². The van der Waals surface area contributed by atoms with Gasteiger partial charge in [-0.05, 0) is 36.6 Å². The van der Waals surface area contributed by atoms with E-state index in [9.17, 15) is 0 Å². The van der Waals surface area contributed by atoms with Crippen molar-refractivity contribution in [2.45, 2.75) is 39.7 Å². The molecule has 0 saturated heterocycles. The fraction of sp³-hybridized carbons (Fsp3) is 0.562. The molecule has 0 unspecified atom stereocenters. The van der Waals surface area contributed by atoms with E-state index < -0.39 is 0 Å². The molecule has 0 aliphatic rings. The van der Waals surface area contributed by atoms with E-state index in [1.807, 2.05) is 30.3 Å². The molecule has 0 aliphatic carbocycles. The minimum atomic E-state index is 0.105. The van der Waals surface area contributed by atoms with Crippen LogP contribution in [0, 0.1) is 17.2 Å². The van der Waals surface area contributed by atoms with Crippen LogP contribution in [0.2, 0.25) is 0 Å². The predicted octanol–water partition coefficient (Wildman–Crippen LogP) is 3.50. The number of rotatable bonds is 9. The second kappa shape index (κ2) is 9.41. The lowest BCUT2D eigenvalue weighted by atomic mass is 10.1. The lowest BCUT2D eigenvalue weighted by Gasteiger charge is -2.07. The van der Waals surface area contributed by atoms with Crippen LogP contribution in [0.15, 0.2) is 24.3 Å². The van der Waals surface area contributed by atoms with Gasteiger partial charge in [-0.15, -0.1) is 0 Å². The summed E-state index contributed by atoms with van der Waals surface area (Å²) in [5.41, 5.74) is 1.24. The average molecular weight is 260 g/mol. The number of hydrogen-bond acceptors (Lipinski definition) is 3. The van der Waals surface area contributed by atoms with Crippen molar-refractivity contribution >= 4 is 0 Å². The molecule has 0 atom stereocenters. The number of hydrogen-bond donors (Lipinski definition) is 1. The van der Waals surface area contributed by atoms with Crippen molar-refractivity contribution in [3.05, 3.63) is 29.8 Å². The molecule has 0 radical (unpaired) electrons. The molecule has 1 aromatic carbocycles. The number of nitriles is 1. The zero-order valence-corrected chi connectivity index (χ0v) is 12.0. The first-order valence-electron chi connectivity index (χ1n) is 7.01. The highest BCUT2D eigenvalue weighted by Crippen LogP contribution is 2.12. The average Bonchev–Trinajstić information content (AvgIpc) is 2.41. The van der Waals surface area contributed by atoms with Crippen molar-refractivity contribution in [1.29, 1.82) is 5.26 Å². The topological polar surface area (TPSA) is 45.0 Å².